The molecule has 2 aromatic heterocycles. The summed E-state index contributed by atoms with van der Waals surface area (Å²) in [5.74, 6) is 0.118. The van der Waals surface area contributed by atoms with Gasteiger partial charge in [0.25, 0.3) is 0 Å². The van der Waals surface area contributed by atoms with Gasteiger partial charge < -0.3 is 9.15 Å². The Labute approximate surface area is 150 Å². The summed E-state index contributed by atoms with van der Waals surface area (Å²) in [5.41, 5.74) is 0.793. The van der Waals surface area contributed by atoms with Gasteiger partial charge in [0.2, 0.25) is 0 Å². The topological polar surface area (TPSA) is 52.3 Å². The van der Waals surface area contributed by atoms with E-state index in [1.807, 2.05) is 24.3 Å². The van der Waals surface area contributed by atoms with Crippen molar-refractivity contribution in [2.75, 3.05) is 6.61 Å². The fourth-order valence-electron chi connectivity index (χ4n) is 2.07. The second kappa shape index (κ2) is 6.91. The summed E-state index contributed by atoms with van der Waals surface area (Å²) >= 11 is 15.1. The molecule has 0 aliphatic heterocycles. The van der Waals surface area contributed by atoms with Gasteiger partial charge in [0.1, 0.15) is 16.5 Å². The van der Waals surface area contributed by atoms with Crippen molar-refractivity contribution in [3.05, 3.63) is 62.5 Å². The van der Waals surface area contributed by atoms with E-state index >= 15 is 0 Å². The van der Waals surface area contributed by atoms with E-state index in [1.165, 1.54) is 12.1 Å². The minimum Gasteiger partial charge on any atom is -0.461 e. The number of esters is 1. The number of pyridine rings is 1. The summed E-state index contributed by atoms with van der Waals surface area (Å²) in [7, 11) is 0. The molecule has 0 saturated carbocycles. The van der Waals surface area contributed by atoms with Crippen molar-refractivity contribution in [1.82, 2.24) is 4.98 Å². The van der Waals surface area contributed by atoms with Gasteiger partial charge in [0.15, 0.2) is 5.69 Å². The molecule has 0 aliphatic rings. The summed E-state index contributed by atoms with van der Waals surface area (Å²) in [5, 5.41) is 1.37. The van der Waals surface area contributed by atoms with Crippen LogP contribution in [0.1, 0.15) is 16.2 Å². The van der Waals surface area contributed by atoms with Crippen LogP contribution in [0.4, 0.5) is 0 Å². The molecule has 0 fully saturated rings. The van der Waals surface area contributed by atoms with Gasteiger partial charge in [-0.3, -0.25) is 0 Å². The van der Waals surface area contributed by atoms with Crippen LogP contribution in [-0.2, 0) is 11.2 Å². The highest BCUT2D eigenvalue weighted by Crippen LogP contribution is 2.24. The summed E-state index contributed by atoms with van der Waals surface area (Å²) < 4.78 is 11.8. The van der Waals surface area contributed by atoms with Gasteiger partial charge in [0.05, 0.1) is 11.6 Å². The lowest BCUT2D eigenvalue weighted by Gasteiger charge is -2.04. The number of fused-ring (bicyclic) bond motifs is 1. The van der Waals surface area contributed by atoms with Gasteiger partial charge >= 0.3 is 5.97 Å². The standard InChI is InChI=1S/C16H10BrCl2NO3/c17-10-1-3-13-9(7-10)8-11(23-13)5-6-22-16(21)15-12(18)2-4-14(19)20-15/h1-4,7-8H,5-6H2. The molecule has 0 N–H and O–H groups in total. The van der Waals surface area contributed by atoms with Crippen LogP contribution in [0.25, 0.3) is 11.0 Å². The summed E-state index contributed by atoms with van der Waals surface area (Å²) in [6.45, 7) is 0.157. The highest BCUT2D eigenvalue weighted by atomic mass is 79.9. The number of halogens is 3. The molecule has 23 heavy (non-hydrogen) atoms. The van der Waals surface area contributed by atoms with E-state index in [-0.39, 0.29) is 22.5 Å². The maximum atomic E-state index is 12.0. The maximum absolute atomic E-state index is 12.0. The minimum absolute atomic E-state index is 0.00713. The molecule has 0 atom stereocenters. The molecule has 0 amide bonds. The molecule has 0 bridgehead atoms. The molecular weight excluding hydrogens is 405 g/mol. The molecule has 0 saturated heterocycles. The van der Waals surface area contributed by atoms with Crippen LogP contribution in [0.2, 0.25) is 10.2 Å². The lowest BCUT2D eigenvalue weighted by Crippen LogP contribution is -2.10. The second-order valence-electron chi connectivity index (χ2n) is 4.75. The molecule has 2 heterocycles. The fourth-order valence-corrected chi connectivity index (χ4v) is 2.78. The van der Waals surface area contributed by atoms with Crippen molar-refractivity contribution in [1.29, 1.82) is 0 Å². The van der Waals surface area contributed by atoms with Crippen molar-refractivity contribution >= 4 is 56.1 Å². The van der Waals surface area contributed by atoms with Crippen molar-refractivity contribution in [2.24, 2.45) is 0 Å². The highest BCUT2D eigenvalue weighted by Gasteiger charge is 2.15. The van der Waals surface area contributed by atoms with Crippen molar-refractivity contribution in [3.63, 3.8) is 0 Å². The third-order valence-corrected chi connectivity index (χ3v) is 4.13. The highest BCUT2D eigenvalue weighted by molar-refractivity contribution is 9.10. The first-order chi connectivity index (χ1) is 11.0. The predicted octanol–water partition coefficient (Wildman–Crippen LogP) is 5.30. The fraction of sp³-hybridized carbons (Fsp3) is 0.125. The molecule has 3 aromatic rings. The third-order valence-electron chi connectivity index (χ3n) is 3.12. The van der Waals surface area contributed by atoms with Crippen LogP contribution < -0.4 is 0 Å². The van der Waals surface area contributed by atoms with Gasteiger partial charge in [-0.05, 0) is 36.4 Å². The summed E-state index contributed by atoms with van der Waals surface area (Å²) in [4.78, 5) is 15.8. The Morgan fingerprint density at radius 1 is 1.22 bits per heavy atom. The Morgan fingerprint density at radius 3 is 2.87 bits per heavy atom. The van der Waals surface area contributed by atoms with Crippen LogP contribution in [0.15, 0.2) is 45.3 Å². The maximum Gasteiger partial charge on any atom is 0.358 e. The zero-order valence-electron chi connectivity index (χ0n) is 11.7. The smallest absolute Gasteiger partial charge is 0.358 e. The van der Waals surface area contributed by atoms with Gasteiger partial charge in [0, 0.05) is 16.3 Å². The average molecular weight is 415 g/mol. The van der Waals surface area contributed by atoms with Crippen molar-refractivity contribution in [3.8, 4) is 0 Å². The largest absolute Gasteiger partial charge is 0.461 e. The summed E-state index contributed by atoms with van der Waals surface area (Å²) in [6.07, 6.45) is 0.455. The SMILES string of the molecule is O=C(OCCc1cc2cc(Br)ccc2o1)c1nc(Cl)ccc1Cl. The van der Waals surface area contributed by atoms with Gasteiger partial charge in [-0.25, -0.2) is 9.78 Å². The molecule has 0 aliphatic carbocycles. The van der Waals surface area contributed by atoms with Gasteiger partial charge in [-0.1, -0.05) is 39.1 Å². The van der Waals surface area contributed by atoms with E-state index in [0.29, 0.717) is 6.42 Å². The number of nitrogens with zero attached hydrogens (tertiary/aromatic N) is 1. The van der Waals surface area contributed by atoms with Crippen LogP contribution in [-0.4, -0.2) is 17.6 Å². The first-order valence-electron chi connectivity index (χ1n) is 6.70. The number of aromatic nitrogens is 1. The number of carbonyl (C=O) groups is 1. The summed E-state index contributed by atoms with van der Waals surface area (Å²) in [6, 6.07) is 10.7. The number of hydrogen-bond donors (Lipinski definition) is 0. The van der Waals surface area contributed by atoms with E-state index in [4.69, 9.17) is 32.4 Å². The van der Waals surface area contributed by atoms with Crippen molar-refractivity contribution in [2.45, 2.75) is 6.42 Å². The quantitative estimate of drug-likeness (QED) is 0.429. The zero-order valence-corrected chi connectivity index (χ0v) is 14.8. The third kappa shape index (κ3) is 3.86. The molecule has 0 spiro atoms. The normalized spacial score (nSPS) is 10.9. The molecule has 0 radical (unpaired) electrons. The average Bonchev–Trinajstić information content (AvgIpc) is 2.91. The number of furan rings is 1. The Morgan fingerprint density at radius 2 is 2.04 bits per heavy atom. The van der Waals surface area contributed by atoms with E-state index < -0.39 is 5.97 Å². The first-order valence-corrected chi connectivity index (χ1v) is 8.25. The molecule has 1 aromatic carbocycles. The Balaban J connectivity index is 1.64. The molecular formula is C16H10BrCl2NO3. The lowest BCUT2D eigenvalue weighted by atomic mass is 10.2. The Kier molecular flexibility index (Phi) is 4.90. The molecule has 3 rings (SSSR count). The number of ether oxygens (including phenoxy) is 1. The molecule has 118 valence electrons. The zero-order chi connectivity index (χ0) is 16.4. The van der Waals surface area contributed by atoms with Crippen LogP contribution >= 0.6 is 39.1 Å². The lowest BCUT2D eigenvalue weighted by molar-refractivity contribution is 0.0498. The first kappa shape index (κ1) is 16.3. The van der Waals surface area contributed by atoms with Crippen molar-refractivity contribution < 1.29 is 13.9 Å². The molecule has 7 heteroatoms. The van der Waals surface area contributed by atoms with E-state index in [0.717, 1.165) is 21.2 Å². The monoisotopic (exact) mass is 413 g/mol. The van der Waals surface area contributed by atoms with Gasteiger partial charge in [-0.15, -0.1) is 0 Å². The molecule has 0 unspecified atom stereocenters. The Hall–Kier alpha value is -1.56. The molecule has 4 nitrogen and oxygen atoms in total. The second-order valence-corrected chi connectivity index (χ2v) is 6.46. The van der Waals surface area contributed by atoms with Gasteiger partial charge in [-0.2, -0.15) is 0 Å². The van der Waals surface area contributed by atoms with E-state index in [1.54, 1.807) is 0 Å². The number of hydrogen-bond acceptors (Lipinski definition) is 4. The van der Waals surface area contributed by atoms with E-state index in [2.05, 4.69) is 20.9 Å². The minimum atomic E-state index is -0.614. The van der Waals surface area contributed by atoms with Crippen LogP contribution in [0.3, 0.4) is 0 Å². The Bertz CT molecular complexity index is 879. The van der Waals surface area contributed by atoms with E-state index in [9.17, 15) is 4.79 Å². The predicted molar refractivity (Wildman–Crippen MR) is 92.2 cm³/mol. The van der Waals surface area contributed by atoms with Crippen LogP contribution in [0.5, 0.6) is 0 Å². The number of benzene rings is 1. The number of rotatable bonds is 4. The van der Waals surface area contributed by atoms with Crippen LogP contribution in [0, 0.1) is 0 Å². The number of carbonyl (C=O) groups excluding carboxylic acids is 1.